The van der Waals surface area contributed by atoms with Gasteiger partial charge in [0.25, 0.3) is 0 Å². The first-order chi connectivity index (χ1) is 8.63. The second-order valence-electron chi connectivity index (χ2n) is 4.48. The molecule has 18 heavy (non-hydrogen) atoms. The van der Waals surface area contributed by atoms with Gasteiger partial charge < -0.3 is 9.47 Å². The normalized spacial score (nSPS) is 23.7. The first-order valence-electron chi connectivity index (χ1n) is 6.60. The molecule has 0 bridgehead atoms. The molecule has 0 aliphatic carbocycles. The average Bonchev–Trinajstić information content (AvgIpc) is 2.32. The number of halogens is 1. The van der Waals surface area contributed by atoms with Crippen LogP contribution in [-0.2, 0) is 9.47 Å². The third-order valence-electron chi connectivity index (χ3n) is 2.69. The lowest BCUT2D eigenvalue weighted by Crippen LogP contribution is -2.38. The summed E-state index contributed by atoms with van der Waals surface area (Å²) in [5.74, 6) is 1.86. The van der Waals surface area contributed by atoms with Crippen LogP contribution in [0.15, 0.2) is 9.98 Å². The molecule has 0 N–H and O–H groups in total. The largest absolute Gasteiger partial charge is 0.480 e. The minimum absolute atomic E-state index is 0.0131. The molecule has 1 rings (SSSR count). The van der Waals surface area contributed by atoms with E-state index in [0.717, 1.165) is 23.5 Å². The highest BCUT2D eigenvalue weighted by molar-refractivity contribution is 9.09. The van der Waals surface area contributed by atoms with E-state index in [1.807, 2.05) is 13.8 Å². The van der Waals surface area contributed by atoms with Crippen LogP contribution in [0.4, 0.5) is 0 Å². The number of hydrogen-bond acceptors (Lipinski definition) is 4. The molecule has 4 nitrogen and oxygen atoms in total. The number of aliphatic imine (C=N–C) groups is 2. The maximum absolute atomic E-state index is 5.63. The summed E-state index contributed by atoms with van der Waals surface area (Å²) in [6, 6.07) is -0.0287. The van der Waals surface area contributed by atoms with Crippen LogP contribution in [0.2, 0.25) is 0 Å². The molecule has 1 heterocycles. The van der Waals surface area contributed by atoms with Gasteiger partial charge in [-0.3, -0.25) is 0 Å². The molecule has 0 saturated heterocycles. The summed E-state index contributed by atoms with van der Waals surface area (Å²) < 4.78 is 11.3. The summed E-state index contributed by atoms with van der Waals surface area (Å²) in [4.78, 5) is 9.36. The van der Waals surface area contributed by atoms with Crippen molar-refractivity contribution in [2.45, 2.75) is 46.2 Å². The summed E-state index contributed by atoms with van der Waals surface area (Å²) >= 11 is 3.45. The van der Waals surface area contributed by atoms with Crippen LogP contribution in [0.5, 0.6) is 0 Å². The van der Waals surface area contributed by atoms with E-state index >= 15 is 0 Å². The smallest absolute Gasteiger partial charge is 0.210 e. The monoisotopic (exact) mass is 318 g/mol. The van der Waals surface area contributed by atoms with Crippen LogP contribution in [0.25, 0.3) is 0 Å². The highest BCUT2D eigenvalue weighted by Gasteiger charge is 2.30. The van der Waals surface area contributed by atoms with E-state index in [1.54, 1.807) is 0 Å². The Hall–Kier alpha value is -0.580. The lowest BCUT2D eigenvalue weighted by atomic mass is 10.0. The molecule has 0 aromatic heterocycles. The van der Waals surface area contributed by atoms with Gasteiger partial charge in [0.2, 0.25) is 11.8 Å². The molecule has 0 fully saturated rings. The molecule has 2 atom stereocenters. The van der Waals surface area contributed by atoms with Crippen molar-refractivity contribution in [3.63, 3.8) is 0 Å². The minimum Gasteiger partial charge on any atom is -0.480 e. The van der Waals surface area contributed by atoms with Crippen molar-refractivity contribution in [2.24, 2.45) is 15.9 Å². The third kappa shape index (κ3) is 3.97. The Balaban J connectivity index is 2.93. The van der Waals surface area contributed by atoms with Gasteiger partial charge in [0.05, 0.1) is 13.2 Å². The summed E-state index contributed by atoms with van der Waals surface area (Å²) in [6.45, 7) is 9.44. The lowest BCUT2D eigenvalue weighted by Gasteiger charge is -2.27. The van der Waals surface area contributed by atoms with Gasteiger partial charge in [-0.2, -0.15) is 0 Å². The standard InChI is InChI=1S/C13H23BrN2O2/c1-5-17-12-10(7-8-14)15-13(18-6-2)11(16-12)9(3)4/h9-11H,5-8H2,1-4H3/t10-,11+/m0/s1. The van der Waals surface area contributed by atoms with E-state index in [1.165, 1.54) is 0 Å². The third-order valence-corrected chi connectivity index (χ3v) is 3.14. The number of nitrogens with zero attached hydrogens (tertiary/aromatic N) is 2. The topological polar surface area (TPSA) is 43.2 Å². The first kappa shape index (κ1) is 15.5. The molecule has 1 aliphatic rings. The molecule has 0 aromatic carbocycles. The van der Waals surface area contributed by atoms with Gasteiger partial charge in [-0.1, -0.05) is 29.8 Å². The summed E-state index contributed by atoms with van der Waals surface area (Å²) in [6.07, 6.45) is 0.875. The molecule has 0 unspecified atom stereocenters. The fraction of sp³-hybridized carbons (Fsp3) is 0.846. The van der Waals surface area contributed by atoms with E-state index < -0.39 is 0 Å². The molecule has 0 radical (unpaired) electrons. The summed E-state index contributed by atoms with van der Waals surface area (Å²) in [5.41, 5.74) is 0. The lowest BCUT2D eigenvalue weighted by molar-refractivity contribution is 0.275. The maximum Gasteiger partial charge on any atom is 0.210 e. The molecular weight excluding hydrogens is 296 g/mol. The fourth-order valence-corrected chi connectivity index (χ4v) is 2.27. The SMILES string of the molecule is CCOC1=N[C@H](C(C)C)C(OCC)=N[C@H]1CCBr. The summed E-state index contributed by atoms with van der Waals surface area (Å²) in [7, 11) is 0. The van der Waals surface area contributed by atoms with Gasteiger partial charge >= 0.3 is 0 Å². The minimum atomic E-state index is -0.0157. The van der Waals surface area contributed by atoms with Crippen molar-refractivity contribution in [1.82, 2.24) is 0 Å². The predicted molar refractivity (Wildman–Crippen MR) is 78.9 cm³/mol. The zero-order valence-corrected chi connectivity index (χ0v) is 13.2. The van der Waals surface area contributed by atoms with Crippen LogP contribution in [0.3, 0.4) is 0 Å². The van der Waals surface area contributed by atoms with Crippen LogP contribution in [0, 0.1) is 5.92 Å². The van der Waals surface area contributed by atoms with Crippen molar-refractivity contribution in [1.29, 1.82) is 0 Å². The zero-order valence-electron chi connectivity index (χ0n) is 11.6. The van der Waals surface area contributed by atoms with Crippen molar-refractivity contribution >= 4 is 27.7 Å². The van der Waals surface area contributed by atoms with E-state index in [9.17, 15) is 0 Å². The van der Waals surface area contributed by atoms with Gasteiger partial charge in [-0.15, -0.1) is 0 Å². The Labute approximate surface area is 118 Å². The van der Waals surface area contributed by atoms with E-state index in [4.69, 9.17) is 9.47 Å². The van der Waals surface area contributed by atoms with Crippen LogP contribution in [0.1, 0.15) is 34.1 Å². The Morgan fingerprint density at radius 2 is 1.72 bits per heavy atom. The van der Waals surface area contributed by atoms with Gasteiger partial charge in [0.1, 0.15) is 12.1 Å². The predicted octanol–water partition coefficient (Wildman–Crippen LogP) is 3.05. The molecule has 104 valence electrons. The number of hydrogen-bond donors (Lipinski definition) is 0. The van der Waals surface area contributed by atoms with Crippen LogP contribution >= 0.6 is 15.9 Å². The number of alkyl halides is 1. The van der Waals surface area contributed by atoms with Gasteiger partial charge in [-0.25, -0.2) is 9.98 Å². The van der Waals surface area contributed by atoms with E-state index in [0.29, 0.717) is 19.1 Å². The quantitative estimate of drug-likeness (QED) is 0.731. The van der Waals surface area contributed by atoms with Crippen molar-refractivity contribution < 1.29 is 9.47 Å². The summed E-state index contributed by atoms with van der Waals surface area (Å²) in [5, 5.41) is 0.874. The second kappa shape index (κ2) is 7.77. The molecule has 0 amide bonds. The highest BCUT2D eigenvalue weighted by Crippen LogP contribution is 2.20. The Morgan fingerprint density at radius 3 is 2.22 bits per heavy atom. The number of rotatable bonds is 5. The molecule has 1 aliphatic heterocycles. The Bertz CT molecular complexity index is 316. The van der Waals surface area contributed by atoms with Crippen molar-refractivity contribution in [3.05, 3.63) is 0 Å². The molecule has 0 saturated carbocycles. The maximum atomic E-state index is 5.63. The average molecular weight is 319 g/mol. The first-order valence-corrected chi connectivity index (χ1v) is 7.73. The zero-order chi connectivity index (χ0) is 13.5. The van der Waals surface area contributed by atoms with Gasteiger partial charge in [0, 0.05) is 5.33 Å². The van der Waals surface area contributed by atoms with E-state index in [-0.39, 0.29) is 12.1 Å². The molecule has 0 aromatic rings. The van der Waals surface area contributed by atoms with Crippen molar-refractivity contribution in [3.8, 4) is 0 Å². The second-order valence-corrected chi connectivity index (χ2v) is 5.28. The molecular formula is C13H23BrN2O2. The fourth-order valence-electron chi connectivity index (χ4n) is 1.84. The van der Waals surface area contributed by atoms with Crippen LogP contribution < -0.4 is 0 Å². The Morgan fingerprint density at radius 1 is 1.11 bits per heavy atom. The number of ether oxygens (including phenoxy) is 2. The molecule has 0 spiro atoms. The van der Waals surface area contributed by atoms with Crippen molar-refractivity contribution in [2.75, 3.05) is 18.5 Å². The van der Waals surface area contributed by atoms with Gasteiger partial charge in [0.15, 0.2) is 0 Å². The van der Waals surface area contributed by atoms with Gasteiger partial charge in [-0.05, 0) is 26.2 Å². The van der Waals surface area contributed by atoms with Crippen LogP contribution in [-0.4, -0.2) is 42.4 Å². The molecule has 5 heteroatoms. The Kier molecular flexibility index (Phi) is 6.68. The van der Waals surface area contributed by atoms with E-state index in [2.05, 4.69) is 39.8 Å². The highest BCUT2D eigenvalue weighted by atomic mass is 79.9.